The summed E-state index contributed by atoms with van der Waals surface area (Å²) in [5, 5.41) is 1.68. The van der Waals surface area contributed by atoms with Gasteiger partial charge in [0.05, 0.1) is 11.1 Å². The normalized spacial score (nSPS) is 13.7. The largest absolute Gasteiger partial charge is 0.268 e. The summed E-state index contributed by atoms with van der Waals surface area (Å²) in [6.07, 6.45) is 4.38. The second-order valence-corrected chi connectivity index (χ2v) is 9.58. The van der Waals surface area contributed by atoms with Crippen molar-refractivity contribution >= 4 is 33.3 Å². The minimum absolute atomic E-state index is 0.102. The lowest BCUT2D eigenvalue weighted by atomic mass is 10.2. The maximum absolute atomic E-state index is 13.5. The fraction of sp³-hybridized carbons (Fsp3) is 0.429. The number of thioether (sulfide) groups is 1. The molecule has 3 aromatic rings. The Morgan fingerprint density at radius 2 is 2.00 bits per heavy atom. The molecule has 0 saturated carbocycles. The maximum Gasteiger partial charge on any atom is 0.267 e. The Morgan fingerprint density at radius 3 is 2.73 bits per heavy atom. The third-order valence-corrected chi connectivity index (χ3v) is 7.08. The van der Waals surface area contributed by atoms with Gasteiger partial charge in [0, 0.05) is 10.6 Å². The number of fused-ring (bicyclic) bond motifs is 3. The number of benzene rings is 1. The van der Waals surface area contributed by atoms with Crippen molar-refractivity contribution in [2.45, 2.75) is 51.6 Å². The highest BCUT2D eigenvalue weighted by molar-refractivity contribution is 7.99. The van der Waals surface area contributed by atoms with Crippen molar-refractivity contribution in [3.63, 3.8) is 0 Å². The Kier molecular flexibility index (Phi) is 4.93. The second-order valence-electron chi connectivity index (χ2n) is 7.44. The first-order valence-electron chi connectivity index (χ1n) is 9.31. The Hall–Kier alpha value is -1.59. The quantitative estimate of drug-likeness (QED) is 0.437. The van der Waals surface area contributed by atoms with Crippen molar-refractivity contribution in [3.05, 3.63) is 50.6 Å². The predicted molar refractivity (Wildman–Crippen MR) is 112 cm³/mol. The molecule has 26 heavy (non-hydrogen) atoms. The van der Waals surface area contributed by atoms with Crippen molar-refractivity contribution in [1.29, 1.82) is 0 Å². The smallest absolute Gasteiger partial charge is 0.267 e. The number of rotatable bonds is 5. The van der Waals surface area contributed by atoms with Gasteiger partial charge < -0.3 is 0 Å². The van der Waals surface area contributed by atoms with Gasteiger partial charge in [-0.15, -0.1) is 11.3 Å². The molecule has 0 atom stereocenters. The molecule has 0 radical (unpaired) electrons. The van der Waals surface area contributed by atoms with Crippen LogP contribution in [0.5, 0.6) is 0 Å². The second kappa shape index (κ2) is 7.20. The van der Waals surface area contributed by atoms with Crippen molar-refractivity contribution < 1.29 is 0 Å². The van der Waals surface area contributed by atoms with E-state index in [-0.39, 0.29) is 5.56 Å². The maximum atomic E-state index is 13.5. The van der Waals surface area contributed by atoms with Crippen LogP contribution in [-0.4, -0.2) is 15.3 Å². The average molecular weight is 385 g/mol. The van der Waals surface area contributed by atoms with Crippen LogP contribution in [0.1, 0.15) is 42.7 Å². The van der Waals surface area contributed by atoms with Crippen LogP contribution in [0.2, 0.25) is 0 Å². The van der Waals surface area contributed by atoms with Crippen LogP contribution < -0.4 is 5.56 Å². The number of hydrogen-bond donors (Lipinski definition) is 0. The molecule has 5 heteroatoms. The van der Waals surface area contributed by atoms with Gasteiger partial charge in [0.2, 0.25) is 0 Å². The molecule has 0 unspecified atom stereocenters. The lowest BCUT2D eigenvalue weighted by Crippen LogP contribution is -2.22. The van der Waals surface area contributed by atoms with Crippen molar-refractivity contribution in [2.24, 2.45) is 5.92 Å². The first-order chi connectivity index (χ1) is 12.5. The van der Waals surface area contributed by atoms with Gasteiger partial charge in [-0.05, 0) is 56.2 Å². The highest BCUT2D eigenvalue weighted by Crippen LogP contribution is 2.36. The number of thiophene rings is 1. The molecule has 3 nitrogen and oxygen atoms in total. The zero-order valence-electron chi connectivity index (χ0n) is 15.5. The van der Waals surface area contributed by atoms with Crippen molar-refractivity contribution in [2.75, 3.05) is 5.75 Å². The van der Waals surface area contributed by atoms with E-state index in [1.807, 2.05) is 16.7 Å². The molecular formula is C21H24N2OS2. The third kappa shape index (κ3) is 3.23. The summed E-state index contributed by atoms with van der Waals surface area (Å²) in [5.74, 6) is 1.63. The molecule has 0 spiro atoms. The Labute approximate surface area is 162 Å². The minimum atomic E-state index is 0.102. The summed E-state index contributed by atoms with van der Waals surface area (Å²) in [7, 11) is 0. The third-order valence-electron chi connectivity index (χ3n) is 4.93. The van der Waals surface area contributed by atoms with Crippen LogP contribution in [0.15, 0.2) is 34.2 Å². The fourth-order valence-electron chi connectivity index (χ4n) is 3.43. The van der Waals surface area contributed by atoms with Gasteiger partial charge in [0.1, 0.15) is 4.83 Å². The molecule has 0 amide bonds. The molecule has 136 valence electrons. The van der Waals surface area contributed by atoms with Crippen LogP contribution in [0, 0.1) is 12.8 Å². The van der Waals surface area contributed by atoms with Gasteiger partial charge in [-0.3, -0.25) is 9.36 Å². The summed E-state index contributed by atoms with van der Waals surface area (Å²) in [6, 6.07) is 8.19. The topological polar surface area (TPSA) is 34.9 Å². The summed E-state index contributed by atoms with van der Waals surface area (Å²) >= 11 is 3.43. The van der Waals surface area contributed by atoms with Gasteiger partial charge in [-0.1, -0.05) is 43.3 Å². The van der Waals surface area contributed by atoms with Crippen LogP contribution in [-0.2, 0) is 12.8 Å². The number of aryl methyl sites for hydroxylation is 3. The molecule has 0 saturated heterocycles. The molecular weight excluding hydrogens is 360 g/mol. The fourth-order valence-corrected chi connectivity index (χ4v) is 5.98. The minimum Gasteiger partial charge on any atom is -0.268 e. The molecule has 0 fully saturated rings. The molecule has 4 rings (SSSR count). The van der Waals surface area contributed by atoms with E-state index in [9.17, 15) is 4.79 Å². The molecule has 2 aromatic heterocycles. The van der Waals surface area contributed by atoms with Gasteiger partial charge >= 0.3 is 0 Å². The van der Waals surface area contributed by atoms with Crippen molar-refractivity contribution in [1.82, 2.24) is 9.55 Å². The summed E-state index contributed by atoms with van der Waals surface area (Å²) in [5.41, 5.74) is 3.47. The van der Waals surface area contributed by atoms with E-state index >= 15 is 0 Å². The number of aromatic nitrogens is 2. The Balaban J connectivity index is 1.88. The molecule has 1 aromatic carbocycles. The number of hydrogen-bond acceptors (Lipinski definition) is 4. The molecule has 2 heterocycles. The highest BCUT2D eigenvalue weighted by atomic mass is 32.2. The summed E-state index contributed by atoms with van der Waals surface area (Å²) in [4.78, 5) is 20.7. The lowest BCUT2D eigenvalue weighted by molar-refractivity contribution is 0.631. The van der Waals surface area contributed by atoms with E-state index in [0.29, 0.717) is 5.92 Å². The zero-order chi connectivity index (χ0) is 18.3. The van der Waals surface area contributed by atoms with E-state index in [0.717, 1.165) is 52.5 Å². The van der Waals surface area contributed by atoms with Gasteiger partial charge in [0.25, 0.3) is 5.56 Å². The van der Waals surface area contributed by atoms with Crippen LogP contribution in [0.3, 0.4) is 0 Å². The molecule has 1 aliphatic carbocycles. The van der Waals surface area contributed by atoms with E-state index in [1.54, 1.807) is 23.1 Å². The summed E-state index contributed by atoms with van der Waals surface area (Å²) < 4.78 is 1.83. The van der Waals surface area contributed by atoms with E-state index < -0.39 is 0 Å². The highest BCUT2D eigenvalue weighted by Gasteiger charge is 2.23. The van der Waals surface area contributed by atoms with E-state index in [1.165, 1.54) is 16.0 Å². The van der Waals surface area contributed by atoms with E-state index in [4.69, 9.17) is 4.98 Å². The van der Waals surface area contributed by atoms with Crippen molar-refractivity contribution in [3.8, 4) is 5.69 Å². The van der Waals surface area contributed by atoms with E-state index in [2.05, 4.69) is 32.9 Å². The monoisotopic (exact) mass is 384 g/mol. The van der Waals surface area contributed by atoms with Crippen LogP contribution in [0.25, 0.3) is 15.9 Å². The summed E-state index contributed by atoms with van der Waals surface area (Å²) in [6.45, 7) is 6.53. The number of nitrogens with zero attached hydrogens (tertiary/aromatic N) is 2. The average Bonchev–Trinajstić information content (AvgIpc) is 3.16. The predicted octanol–water partition coefficient (Wildman–Crippen LogP) is 5.38. The molecule has 1 aliphatic rings. The first-order valence-corrected chi connectivity index (χ1v) is 11.1. The van der Waals surface area contributed by atoms with Crippen LogP contribution in [0.4, 0.5) is 0 Å². The van der Waals surface area contributed by atoms with Gasteiger partial charge in [-0.2, -0.15) is 0 Å². The van der Waals surface area contributed by atoms with Gasteiger partial charge in [0.15, 0.2) is 5.16 Å². The molecule has 0 N–H and O–H groups in total. The Bertz CT molecular complexity index is 1000. The molecule has 0 bridgehead atoms. The lowest BCUT2D eigenvalue weighted by Gasteiger charge is -2.13. The van der Waals surface area contributed by atoms with Gasteiger partial charge in [-0.25, -0.2) is 4.98 Å². The Morgan fingerprint density at radius 1 is 1.23 bits per heavy atom. The SMILES string of the molecule is Cc1ccc(-n2c(SCCC(C)C)nc3sc4c(c3c2=O)CCC4)cc1. The first kappa shape index (κ1) is 17.8. The standard InChI is InChI=1S/C21H24N2OS2/c1-13(2)11-12-25-21-22-19-18(16-5-4-6-17(16)26-19)20(24)23(21)15-9-7-14(3)8-10-15/h7-10,13H,4-6,11-12H2,1-3H3. The van der Waals surface area contributed by atoms with Crippen LogP contribution >= 0.6 is 23.1 Å². The molecule has 0 aliphatic heterocycles. The zero-order valence-corrected chi connectivity index (χ0v) is 17.2.